The summed E-state index contributed by atoms with van der Waals surface area (Å²) in [5.74, 6) is 1.57. The van der Waals surface area contributed by atoms with Crippen molar-refractivity contribution in [3.8, 4) is 11.5 Å². The quantitative estimate of drug-likeness (QED) is 0.756. The van der Waals surface area contributed by atoms with Crippen LogP contribution in [0.25, 0.3) is 10.8 Å². The Hall–Kier alpha value is -1.74. The molecule has 0 aromatic heterocycles. The molecule has 0 bridgehead atoms. The number of benzene rings is 2. The zero-order valence-electron chi connectivity index (χ0n) is 9.68. The minimum Gasteiger partial charge on any atom is -0.493 e. The van der Waals surface area contributed by atoms with E-state index in [1.54, 1.807) is 7.11 Å². The average Bonchev–Trinajstić information content (AvgIpc) is 3.19. The third-order valence-electron chi connectivity index (χ3n) is 2.88. The van der Waals surface area contributed by atoms with Crippen LogP contribution in [0.4, 0.5) is 0 Å². The van der Waals surface area contributed by atoms with E-state index in [9.17, 15) is 0 Å². The van der Waals surface area contributed by atoms with Crippen LogP contribution in [0.3, 0.4) is 0 Å². The molecule has 3 rings (SSSR count). The zero-order valence-corrected chi connectivity index (χ0v) is 9.68. The summed E-state index contributed by atoms with van der Waals surface area (Å²) in [7, 11) is 1.66. The number of hydrogen-bond donors (Lipinski definition) is 0. The van der Waals surface area contributed by atoms with E-state index < -0.39 is 0 Å². The molecule has 0 N–H and O–H groups in total. The second-order valence-electron chi connectivity index (χ2n) is 4.08. The summed E-state index contributed by atoms with van der Waals surface area (Å²) < 4.78 is 16.3. The van der Waals surface area contributed by atoms with Gasteiger partial charge in [-0.05, 0) is 11.5 Å². The van der Waals surface area contributed by atoms with Crippen LogP contribution in [-0.2, 0) is 4.74 Å². The van der Waals surface area contributed by atoms with Gasteiger partial charge in [-0.3, -0.25) is 0 Å². The van der Waals surface area contributed by atoms with Crippen LogP contribution < -0.4 is 9.47 Å². The Morgan fingerprint density at radius 2 is 2.06 bits per heavy atom. The molecule has 2 aromatic carbocycles. The van der Waals surface area contributed by atoms with Crippen LogP contribution in [0.1, 0.15) is 0 Å². The minimum atomic E-state index is 0.249. The first kappa shape index (κ1) is 10.4. The lowest BCUT2D eigenvalue weighted by atomic mass is 10.1. The number of rotatable bonds is 4. The van der Waals surface area contributed by atoms with Crippen LogP contribution in [0.15, 0.2) is 36.4 Å². The van der Waals surface area contributed by atoms with E-state index in [1.807, 2.05) is 30.3 Å². The maximum Gasteiger partial charge on any atom is 0.169 e. The maximum atomic E-state index is 5.82. The third kappa shape index (κ3) is 2.06. The number of ether oxygens (including phenoxy) is 3. The first-order valence-electron chi connectivity index (χ1n) is 5.68. The Morgan fingerprint density at radius 1 is 1.24 bits per heavy atom. The number of epoxide rings is 1. The van der Waals surface area contributed by atoms with Crippen LogP contribution >= 0.6 is 0 Å². The molecule has 0 amide bonds. The number of fused-ring (bicyclic) bond motifs is 1. The summed E-state index contributed by atoms with van der Waals surface area (Å²) in [5, 5.41) is 2.23. The second kappa shape index (κ2) is 4.26. The first-order valence-corrected chi connectivity index (χ1v) is 5.68. The largest absolute Gasteiger partial charge is 0.493 e. The van der Waals surface area contributed by atoms with Crippen LogP contribution in [0.5, 0.6) is 11.5 Å². The molecule has 3 nitrogen and oxygen atoms in total. The van der Waals surface area contributed by atoms with Gasteiger partial charge in [-0.2, -0.15) is 0 Å². The smallest absolute Gasteiger partial charge is 0.169 e. The van der Waals surface area contributed by atoms with Crippen molar-refractivity contribution in [3.05, 3.63) is 36.4 Å². The lowest BCUT2D eigenvalue weighted by molar-refractivity contribution is 0.254. The lowest BCUT2D eigenvalue weighted by Gasteiger charge is -2.12. The summed E-state index contributed by atoms with van der Waals surface area (Å²) in [6, 6.07) is 12.1. The summed E-state index contributed by atoms with van der Waals surface area (Å²) >= 11 is 0. The molecule has 88 valence electrons. The molecular formula is C14H14O3. The van der Waals surface area contributed by atoms with Gasteiger partial charge in [0.1, 0.15) is 12.7 Å². The summed E-state index contributed by atoms with van der Waals surface area (Å²) in [5.41, 5.74) is 0. The van der Waals surface area contributed by atoms with Crippen molar-refractivity contribution >= 4 is 10.8 Å². The van der Waals surface area contributed by atoms with E-state index in [2.05, 4.69) is 6.07 Å². The molecule has 0 radical (unpaired) electrons. The van der Waals surface area contributed by atoms with Gasteiger partial charge < -0.3 is 14.2 Å². The summed E-state index contributed by atoms with van der Waals surface area (Å²) in [4.78, 5) is 0. The minimum absolute atomic E-state index is 0.249. The van der Waals surface area contributed by atoms with Crippen molar-refractivity contribution in [3.63, 3.8) is 0 Å². The molecular weight excluding hydrogens is 216 g/mol. The predicted octanol–water partition coefficient (Wildman–Crippen LogP) is 2.63. The van der Waals surface area contributed by atoms with E-state index >= 15 is 0 Å². The maximum absolute atomic E-state index is 5.82. The molecule has 1 heterocycles. The Balaban J connectivity index is 2.02. The molecule has 1 aliphatic rings. The normalized spacial score (nSPS) is 18.1. The molecule has 1 aliphatic heterocycles. The molecule has 17 heavy (non-hydrogen) atoms. The fourth-order valence-electron chi connectivity index (χ4n) is 1.87. The van der Waals surface area contributed by atoms with Gasteiger partial charge in [-0.25, -0.2) is 0 Å². The first-order chi connectivity index (χ1) is 8.38. The highest BCUT2D eigenvalue weighted by Crippen LogP contribution is 2.35. The second-order valence-corrected chi connectivity index (χ2v) is 4.08. The Kier molecular flexibility index (Phi) is 2.61. The SMILES string of the molecule is COc1ccc2ccccc2c1OC[C@H]1CO1. The van der Waals surface area contributed by atoms with Gasteiger partial charge in [0.05, 0.1) is 13.7 Å². The molecule has 0 saturated carbocycles. The fraction of sp³-hybridized carbons (Fsp3) is 0.286. The van der Waals surface area contributed by atoms with E-state index in [0.717, 1.165) is 28.9 Å². The van der Waals surface area contributed by atoms with Gasteiger partial charge in [0.25, 0.3) is 0 Å². The molecule has 0 unspecified atom stereocenters. The van der Waals surface area contributed by atoms with E-state index in [-0.39, 0.29) is 6.10 Å². The Morgan fingerprint density at radius 3 is 2.82 bits per heavy atom. The average molecular weight is 230 g/mol. The van der Waals surface area contributed by atoms with Gasteiger partial charge >= 0.3 is 0 Å². The van der Waals surface area contributed by atoms with Crippen molar-refractivity contribution in [1.29, 1.82) is 0 Å². The van der Waals surface area contributed by atoms with Crippen LogP contribution in [-0.4, -0.2) is 26.4 Å². The van der Waals surface area contributed by atoms with Gasteiger partial charge in [0.2, 0.25) is 0 Å². The molecule has 1 saturated heterocycles. The van der Waals surface area contributed by atoms with Gasteiger partial charge in [0, 0.05) is 5.39 Å². The van der Waals surface area contributed by atoms with Crippen LogP contribution in [0, 0.1) is 0 Å². The molecule has 0 spiro atoms. The van der Waals surface area contributed by atoms with Crippen molar-refractivity contribution in [2.75, 3.05) is 20.3 Å². The molecule has 2 aromatic rings. The van der Waals surface area contributed by atoms with Crippen molar-refractivity contribution in [2.45, 2.75) is 6.10 Å². The lowest BCUT2D eigenvalue weighted by Crippen LogP contribution is -2.05. The standard InChI is InChI=1S/C14H14O3/c1-15-13-7-6-10-4-2-3-5-12(10)14(13)17-9-11-8-16-11/h2-7,11H,8-9H2,1H3/t11-/m1/s1. The van der Waals surface area contributed by atoms with Gasteiger partial charge in [-0.1, -0.05) is 30.3 Å². The predicted molar refractivity (Wildman–Crippen MR) is 65.7 cm³/mol. The Labute approximate surface area is 99.9 Å². The van der Waals surface area contributed by atoms with Crippen molar-refractivity contribution in [1.82, 2.24) is 0 Å². The third-order valence-corrected chi connectivity index (χ3v) is 2.88. The van der Waals surface area contributed by atoms with E-state index in [4.69, 9.17) is 14.2 Å². The highest BCUT2D eigenvalue weighted by atomic mass is 16.6. The summed E-state index contributed by atoms with van der Waals surface area (Å²) in [6.07, 6.45) is 0.249. The zero-order chi connectivity index (χ0) is 11.7. The summed E-state index contributed by atoms with van der Waals surface area (Å²) in [6.45, 7) is 1.39. The highest BCUT2D eigenvalue weighted by Gasteiger charge is 2.24. The van der Waals surface area contributed by atoms with Gasteiger partial charge in [-0.15, -0.1) is 0 Å². The molecule has 0 aliphatic carbocycles. The molecule has 1 fully saturated rings. The monoisotopic (exact) mass is 230 g/mol. The van der Waals surface area contributed by atoms with E-state index in [0.29, 0.717) is 6.61 Å². The topological polar surface area (TPSA) is 31.0 Å². The number of hydrogen-bond acceptors (Lipinski definition) is 3. The van der Waals surface area contributed by atoms with E-state index in [1.165, 1.54) is 0 Å². The van der Waals surface area contributed by atoms with Crippen molar-refractivity contribution < 1.29 is 14.2 Å². The van der Waals surface area contributed by atoms with Gasteiger partial charge in [0.15, 0.2) is 11.5 Å². The highest BCUT2D eigenvalue weighted by molar-refractivity contribution is 5.90. The van der Waals surface area contributed by atoms with Crippen LogP contribution in [0.2, 0.25) is 0 Å². The number of methoxy groups -OCH3 is 1. The molecule has 1 atom stereocenters. The molecule has 3 heteroatoms. The Bertz CT molecular complexity index is 532. The van der Waals surface area contributed by atoms with Crippen molar-refractivity contribution in [2.24, 2.45) is 0 Å². The fourth-order valence-corrected chi connectivity index (χ4v) is 1.87.